The highest BCUT2D eigenvalue weighted by Gasteiger charge is 2.08. The Kier molecular flexibility index (Phi) is 3.44. The van der Waals surface area contributed by atoms with E-state index in [1.54, 1.807) is 0 Å². The topological polar surface area (TPSA) is 63.8 Å². The zero-order valence-electron chi connectivity index (χ0n) is 8.42. The molecule has 17 heavy (non-hydrogen) atoms. The van der Waals surface area contributed by atoms with E-state index in [2.05, 4.69) is 31.2 Å². The van der Waals surface area contributed by atoms with Gasteiger partial charge in [-0.1, -0.05) is 0 Å². The van der Waals surface area contributed by atoms with Crippen LogP contribution in [-0.2, 0) is 0 Å². The van der Waals surface area contributed by atoms with Crippen molar-refractivity contribution in [2.75, 3.05) is 11.1 Å². The lowest BCUT2D eigenvalue weighted by atomic mass is 10.2. The molecule has 4 nitrogen and oxygen atoms in total. The molecule has 1 aromatic heterocycles. The van der Waals surface area contributed by atoms with E-state index in [0.29, 0.717) is 16.0 Å². The van der Waals surface area contributed by atoms with Gasteiger partial charge >= 0.3 is 0 Å². The predicted molar refractivity (Wildman–Crippen MR) is 68.8 cm³/mol. The Labute approximate surface area is 110 Å². The van der Waals surface area contributed by atoms with E-state index in [9.17, 15) is 4.39 Å². The molecule has 2 aromatic rings. The molecule has 0 aliphatic carbocycles. The first-order chi connectivity index (χ1) is 8.06. The fraction of sp³-hybridized carbons (Fsp3) is 0. The van der Waals surface area contributed by atoms with Crippen LogP contribution in [0.4, 0.5) is 21.6 Å². The number of benzene rings is 1. The third-order valence-electron chi connectivity index (χ3n) is 1.96. The molecule has 0 fully saturated rings. The fourth-order valence-corrected chi connectivity index (χ4v) is 1.62. The fourth-order valence-electron chi connectivity index (χ4n) is 1.20. The maximum atomic E-state index is 13.5. The minimum Gasteiger partial charge on any atom is -0.399 e. The summed E-state index contributed by atoms with van der Waals surface area (Å²) in [6, 6.07) is 4.22. The number of aromatic nitrogens is 2. The summed E-state index contributed by atoms with van der Waals surface area (Å²) in [6.07, 6.45) is 1.47. The van der Waals surface area contributed by atoms with Crippen molar-refractivity contribution >= 4 is 44.7 Å². The zero-order valence-corrected chi connectivity index (χ0v) is 10.8. The Balaban J connectivity index is 2.37. The Morgan fingerprint density at radius 1 is 1.41 bits per heavy atom. The van der Waals surface area contributed by atoms with Crippen LogP contribution in [0.15, 0.2) is 28.9 Å². The monoisotopic (exact) mass is 316 g/mol. The van der Waals surface area contributed by atoms with Crippen LogP contribution in [0.2, 0.25) is 5.28 Å². The molecule has 0 saturated heterocycles. The van der Waals surface area contributed by atoms with Crippen molar-refractivity contribution in [3.63, 3.8) is 0 Å². The second-order valence-corrected chi connectivity index (χ2v) is 4.39. The normalized spacial score (nSPS) is 10.3. The summed E-state index contributed by atoms with van der Waals surface area (Å²) >= 11 is 8.88. The molecule has 0 atom stereocenters. The van der Waals surface area contributed by atoms with Crippen LogP contribution in [0, 0.1) is 5.82 Å². The van der Waals surface area contributed by atoms with Gasteiger partial charge in [-0.05, 0) is 45.7 Å². The van der Waals surface area contributed by atoms with Gasteiger partial charge in [-0.2, -0.15) is 4.98 Å². The Bertz CT molecular complexity index is 514. The number of anilines is 3. The standard InChI is InChI=1S/C10H7BrClFN4/c11-6-4-15-10(12)17-9(6)16-8-3-5(14)1-2-7(8)13/h1-4H,14H2,(H,15,16,17). The number of hydrogen-bond acceptors (Lipinski definition) is 4. The zero-order chi connectivity index (χ0) is 12.4. The van der Waals surface area contributed by atoms with Gasteiger partial charge in [-0.25, -0.2) is 9.37 Å². The molecule has 0 amide bonds. The number of hydrogen-bond donors (Lipinski definition) is 2. The molecule has 0 saturated carbocycles. The molecule has 0 bridgehead atoms. The molecule has 88 valence electrons. The first-order valence-corrected chi connectivity index (χ1v) is 5.73. The lowest BCUT2D eigenvalue weighted by molar-refractivity contribution is 0.632. The van der Waals surface area contributed by atoms with Gasteiger partial charge < -0.3 is 11.1 Å². The number of nitrogens with zero attached hydrogens (tertiary/aromatic N) is 2. The third kappa shape index (κ3) is 2.83. The number of nitrogen functional groups attached to an aromatic ring is 1. The lowest BCUT2D eigenvalue weighted by Crippen LogP contribution is -1.99. The van der Waals surface area contributed by atoms with E-state index < -0.39 is 5.82 Å². The molecule has 0 unspecified atom stereocenters. The van der Waals surface area contributed by atoms with Crippen LogP contribution < -0.4 is 11.1 Å². The number of halogens is 3. The Hall–Kier alpha value is -1.40. The molecule has 0 aliphatic heterocycles. The highest BCUT2D eigenvalue weighted by Crippen LogP contribution is 2.26. The van der Waals surface area contributed by atoms with Crippen LogP contribution in [0.1, 0.15) is 0 Å². The molecular formula is C10H7BrClFN4. The summed E-state index contributed by atoms with van der Waals surface area (Å²) in [7, 11) is 0. The molecule has 0 spiro atoms. The van der Waals surface area contributed by atoms with Gasteiger partial charge in [-0.3, -0.25) is 0 Å². The second kappa shape index (κ2) is 4.85. The highest BCUT2D eigenvalue weighted by atomic mass is 79.9. The summed E-state index contributed by atoms with van der Waals surface area (Å²) in [5, 5.41) is 2.85. The van der Waals surface area contributed by atoms with E-state index in [4.69, 9.17) is 17.3 Å². The van der Waals surface area contributed by atoms with Crippen LogP contribution in [0.25, 0.3) is 0 Å². The molecule has 7 heteroatoms. The summed E-state index contributed by atoms with van der Waals surface area (Å²) in [4.78, 5) is 7.70. The third-order valence-corrected chi connectivity index (χ3v) is 2.72. The van der Waals surface area contributed by atoms with Crippen molar-refractivity contribution in [1.82, 2.24) is 9.97 Å². The second-order valence-electron chi connectivity index (χ2n) is 3.20. The summed E-state index contributed by atoms with van der Waals surface area (Å²) < 4.78 is 14.1. The van der Waals surface area contributed by atoms with Crippen LogP contribution >= 0.6 is 27.5 Å². The Morgan fingerprint density at radius 2 is 2.18 bits per heavy atom. The number of nitrogens with two attached hydrogens (primary N) is 1. The quantitative estimate of drug-likeness (QED) is 0.658. The summed E-state index contributed by atoms with van der Waals surface area (Å²) in [5.41, 5.74) is 6.24. The average molecular weight is 318 g/mol. The van der Waals surface area contributed by atoms with Gasteiger partial charge in [0.15, 0.2) is 0 Å². The van der Waals surface area contributed by atoms with E-state index in [1.165, 1.54) is 24.4 Å². The van der Waals surface area contributed by atoms with Gasteiger partial charge in [0.2, 0.25) is 5.28 Å². The van der Waals surface area contributed by atoms with Crippen LogP contribution in [0.3, 0.4) is 0 Å². The molecule has 0 aliphatic rings. The van der Waals surface area contributed by atoms with Gasteiger partial charge in [0.25, 0.3) is 0 Å². The number of rotatable bonds is 2. The SMILES string of the molecule is Nc1ccc(F)c(Nc2nc(Cl)ncc2Br)c1. The van der Waals surface area contributed by atoms with E-state index in [-0.39, 0.29) is 11.0 Å². The predicted octanol–water partition coefficient (Wildman–Crippen LogP) is 3.36. The van der Waals surface area contributed by atoms with Crippen molar-refractivity contribution in [2.45, 2.75) is 0 Å². The van der Waals surface area contributed by atoms with E-state index in [0.717, 1.165) is 0 Å². The molecule has 2 rings (SSSR count). The number of nitrogens with one attached hydrogen (secondary N) is 1. The smallest absolute Gasteiger partial charge is 0.224 e. The van der Waals surface area contributed by atoms with Crippen LogP contribution in [-0.4, -0.2) is 9.97 Å². The van der Waals surface area contributed by atoms with Crippen molar-refractivity contribution in [1.29, 1.82) is 0 Å². The Morgan fingerprint density at radius 3 is 2.94 bits per heavy atom. The van der Waals surface area contributed by atoms with Crippen molar-refractivity contribution in [3.05, 3.63) is 40.0 Å². The minimum atomic E-state index is -0.430. The molecule has 1 heterocycles. The maximum Gasteiger partial charge on any atom is 0.224 e. The van der Waals surface area contributed by atoms with Gasteiger partial charge in [-0.15, -0.1) is 0 Å². The summed E-state index contributed by atoms with van der Waals surface area (Å²) in [5.74, 6) is -0.0599. The van der Waals surface area contributed by atoms with Crippen molar-refractivity contribution in [3.8, 4) is 0 Å². The molecular weight excluding hydrogens is 310 g/mol. The minimum absolute atomic E-state index is 0.0695. The molecule has 1 aromatic carbocycles. The van der Waals surface area contributed by atoms with Gasteiger partial charge in [0.1, 0.15) is 11.6 Å². The van der Waals surface area contributed by atoms with Gasteiger partial charge in [0.05, 0.1) is 10.2 Å². The van der Waals surface area contributed by atoms with Crippen molar-refractivity contribution in [2.24, 2.45) is 0 Å². The largest absolute Gasteiger partial charge is 0.399 e. The first-order valence-electron chi connectivity index (χ1n) is 4.56. The maximum absolute atomic E-state index is 13.5. The van der Waals surface area contributed by atoms with Crippen molar-refractivity contribution < 1.29 is 4.39 Å². The van der Waals surface area contributed by atoms with E-state index in [1.807, 2.05) is 0 Å². The molecule has 0 radical (unpaired) electrons. The molecule has 3 N–H and O–H groups in total. The average Bonchev–Trinajstić information content (AvgIpc) is 2.28. The van der Waals surface area contributed by atoms with E-state index >= 15 is 0 Å². The van der Waals surface area contributed by atoms with Crippen LogP contribution in [0.5, 0.6) is 0 Å². The van der Waals surface area contributed by atoms with Gasteiger partial charge in [0, 0.05) is 11.9 Å². The highest BCUT2D eigenvalue weighted by molar-refractivity contribution is 9.10. The lowest BCUT2D eigenvalue weighted by Gasteiger charge is -2.09. The summed E-state index contributed by atoms with van der Waals surface area (Å²) in [6.45, 7) is 0. The first kappa shape index (κ1) is 12.1.